The number of aromatic hydroxyl groups is 2. The van der Waals surface area contributed by atoms with Crippen LogP contribution in [0.15, 0.2) is 17.7 Å². The van der Waals surface area contributed by atoms with Crippen LogP contribution in [0.25, 0.3) is 0 Å². The first kappa shape index (κ1) is 11.4. The number of hydrogen-bond acceptors (Lipinski definition) is 3. The van der Waals surface area contributed by atoms with E-state index in [0.29, 0.717) is 17.7 Å². The van der Waals surface area contributed by atoms with Gasteiger partial charge in [0.2, 0.25) is 0 Å². The first-order valence-corrected chi connectivity index (χ1v) is 4.69. The third kappa shape index (κ3) is 2.91. The Kier molecular flexibility index (Phi) is 3.61. The summed E-state index contributed by atoms with van der Waals surface area (Å²) in [7, 11) is 1.46. The molecule has 0 saturated heterocycles. The van der Waals surface area contributed by atoms with Gasteiger partial charge in [-0.05, 0) is 20.3 Å². The van der Waals surface area contributed by atoms with Crippen LogP contribution in [0.1, 0.15) is 19.4 Å². The minimum absolute atomic E-state index is 0.0283. The molecule has 1 aromatic rings. The average molecular weight is 207 g/mol. The van der Waals surface area contributed by atoms with Crippen molar-refractivity contribution in [3.8, 4) is 17.2 Å². The lowest BCUT2D eigenvalue weighted by Crippen LogP contribution is -1.89. The van der Waals surface area contributed by atoms with Crippen molar-refractivity contribution in [2.24, 2.45) is 0 Å². The van der Waals surface area contributed by atoms with Gasteiger partial charge in [0.25, 0.3) is 0 Å². The lowest BCUT2D eigenvalue weighted by Gasteiger charge is -2.07. The monoisotopic (exact) mass is 207 g/mol. The first-order valence-electron chi connectivity index (χ1n) is 4.69. The molecule has 0 aliphatic carbocycles. The molecule has 0 saturated carbocycles. The summed E-state index contributed by atoms with van der Waals surface area (Å²) in [5.74, 6) is 0.288. The largest absolute Gasteiger partial charge is 0.507 e. The van der Waals surface area contributed by atoms with Crippen LogP contribution < -0.4 is 4.74 Å². The van der Waals surface area contributed by atoms with Crippen LogP contribution in [0.5, 0.6) is 17.2 Å². The number of hydrogen-bond donors (Lipinski definition) is 2. The smallest absolute Gasteiger partial charge is 0.134 e. The van der Waals surface area contributed by atoms with Crippen LogP contribution in [-0.4, -0.2) is 17.3 Å². The van der Waals surface area contributed by atoms with Gasteiger partial charge in [0, 0.05) is 11.6 Å². The molecule has 2 N–H and O–H groups in total. The van der Waals surface area contributed by atoms with Gasteiger partial charge in [-0.3, -0.25) is 0 Å². The van der Waals surface area contributed by atoms with Crippen molar-refractivity contribution in [2.75, 3.05) is 7.11 Å². The molecule has 81 valence electrons. The van der Waals surface area contributed by atoms with E-state index >= 15 is 0 Å². The van der Waals surface area contributed by atoms with Gasteiger partial charge < -0.3 is 14.9 Å². The second kappa shape index (κ2) is 4.73. The number of rotatable bonds is 3. The number of phenols is 2. The van der Waals surface area contributed by atoms with Crippen molar-refractivity contribution < 1.29 is 14.9 Å². The van der Waals surface area contributed by atoms with E-state index in [-0.39, 0.29) is 11.5 Å². The molecule has 0 spiro atoms. The molecule has 1 aromatic carbocycles. The van der Waals surface area contributed by atoms with Crippen LogP contribution in [0.4, 0.5) is 0 Å². The minimum Gasteiger partial charge on any atom is -0.507 e. The highest BCUT2D eigenvalue weighted by atomic mass is 16.5. The summed E-state index contributed by atoms with van der Waals surface area (Å²) in [6.45, 7) is 3.92. The van der Waals surface area contributed by atoms with Crippen LogP contribution in [0, 0.1) is 6.07 Å². The van der Waals surface area contributed by atoms with Crippen LogP contribution >= 0.6 is 0 Å². The fraction of sp³-hybridized carbons (Fsp3) is 0.333. The van der Waals surface area contributed by atoms with Crippen molar-refractivity contribution in [3.05, 3.63) is 29.3 Å². The summed E-state index contributed by atoms with van der Waals surface area (Å²) in [5.41, 5.74) is 1.60. The normalized spacial score (nSPS) is 9.80. The molecule has 0 aliphatic rings. The predicted octanol–water partition coefficient (Wildman–Crippen LogP) is 2.42. The zero-order chi connectivity index (χ0) is 11.4. The van der Waals surface area contributed by atoms with Gasteiger partial charge in [0.15, 0.2) is 0 Å². The van der Waals surface area contributed by atoms with Gasteiger partial charge in [-0.1, -0.05) is 11.6 Å². The van der Waals surface area contributed by atoms with E-state index < -0.39 is 0 Å². The zero-order valence-corrected chi connectivity index (χ0v) is 9.16. The van der Waals surface area contributed by atoms with Gasteiger partial charge in [0.05, 0.1) is 13.2 Å². The molecule has 15 heavy (non-hydrogen) atoms. The molecule has 1 rings (SSSR count). The number of allylic oxidation sites excluding steroid dienone is 2. The number of ether oxygens (including phenoxy) is 1. The van der Waals surface area contributed by atoms with E-state index in [9.17, 15) is 10.2 Å². The summed E-state index contributed by atoms with van der Waals surface area (Å²) in [4.78, 5) is 0. The topological polar surface area (TPSA) is 49.7 Å². The second-order valence-corrected chi connectivity index (χ2v) is 3.54. The summed E-state index contributed by atoms with van der Waals surface area (Å²) in [5, 5.41) is 19.2. The Morgan fingerprint density at radius 2 is 2.13 bits per heavy atom. The molecule has 0 aromatic heterocycles. The molecule has 0 aliphatic heterocycles. The maximum absolute atomic E-state index is 9.63. The van der Waals surface area contributed by atoms with Crippen molar-refractivity contribution in [3.63, 3.8) is 0 Å². The highest BCUT2D eigenvalue weighted by Crippen LogP contribution is 2.32. The van der Waals surface area contributed by atoms with E-state index in [1.54, 1.807) is 0 Å². The standard InChI is InChI=1S/C12H15O3/c1-8(2)4-5-10-11(13)6-9(15-3)7-12(10)14/h4,6,13-14H,5H2,1-3H3. The van der Waals surface area contributed by atoms with Gasteiger partial charge in [-0.15, -0.1) is 0 Å². The van der Waals surface area contributed by atoms with Crippen molar-refractivity contribution in [1.29, 1.82) is 0 Å². The van der Waals surface area contributed by atoms with Crippen molar-refractivity contribution in [2.45, 2.75) is 20.3 Å². The molecule has 0 amide bonds. The fourth-order valence-electron chi connectivity index (χ4n) is 1.18. The SMILES string of the molecule is COc1[c]c(O)c(CC=C(C)C)c(O)c1. The van der Waals surface area contributed by atoms with E-state index in [1.165, 1.54) is 13.2 Å². The van der Waals surface area contributed by atoms with E-state index in [4.69, 9.17) is 4.74 Å². The Morgan fingerprint density at radius 1 is 1.47 bits per heavy atom. The average Bonchev–Trinajstić information content (AvgIpc) is 2.15. The summed E-state index contributed by atoms with van der Waals surface area (Å²) < 4.78 is 4.87. The summed E-state index contributed by atoms with van der Waals surface area (Å²) in [6.07, 6.45) is 2.41. The summed E-state index contributed by atoms with van der Waals surface area (Å²) >= 11 is 0. The van der Waals surface area contributed by atoms with Crippen molar-refractivity contribution >= 4 is 0 Å². The van der Waals surface area contributed by atoms with Crippen molar-refractivity contribution in [1.82, 2.24) is 0 Å². The third-order valence-electron chi connectivity index (χ3n) is 2.04. The highest BCUT2D eigenvalue weighted by molar-refractivity contribution is 5.49. The molecule has 0 unspecified atom stereocenters. The lowest BCUT2D eigenvalue weighted by atomic mass is 10.1. The Morgan fingerprint density at radius 3 is 2.60 bits per heavy atom. The molecule has 3 nitrogen and oxygen atoms in total. The number of methoxy groups -OCH3 is 1. The van der Waals surface area contributed by atoms with Crippen LogP contribution in [0.3, 0.4) is 0 Å². The quantitative estimate of drug-likeness (QED) is 0.748. The van der Waals surface area contributed by atoms with E-state index in [0.717, 1.165) is 5.57 Å². The van der Waals surface area contributed by atoms with Gasteiger partial charge in [-0.25, -0.2) is 0 Å². The van der Waals surface area contributed by atoms with Gasteiger partial charge in [0.1, 0.15) is 17.2 Å². The Bertz CT molecular complexity index is 353. The van der Waals surface area contributed by atoms with Crippen LogP contribution in [0.2, 0.25) is 0 Å². The molecule has 0 fully saturated rings. The maximum Gasteiger partial charge on any atom is 0.134 e. The summed E-state index contributed by atoms with van der Waals surface area (Å²) in [6, 6.07) is 4.07. The second-order valence-electron chi connectivity index (χ2n) is 3.54. The van der Waals surface area contributed by atoms with Gasteiger partial charge >= 0.3 is 0 Å². The van der Waals surface area contributed by atoms with Gasteiger partial charge in [-0.2, -0.15) is 0 Å². The highest BCUT2D eigenvalue weighted by Gasteiger charge is 2.09. The predicted molar refractivity (Wildman–Crippen MR) is 58.3 cm³/mol. The molecular weight excluding hydrogens is 192 g/mol. The number of benzene rings is 1. The lowest BCUT2D eigenvalue weighted by molar-refractivity contribution is 0.393. The first-order chi connectivity index (χ1) is 7.04. The maximum atomic E-state index is 9.63. The fourth-order valence-corrected chi connectivity index (χ4v) is 1.18. The van der Waals surface area contributed by atoms with E-state index in [1.807, 2.05) is 19.9 Å². The molecule has 0 atom stereocenters. The Labute approximate surface area is 89.6 Å². The molecule has 0 heterocycles. The zero-order valence-electron chi connectivity index (χ0n) is 9.16. The third-order valence-corrected chi connectivity index (χ3v) is 2.04. The Balaban J connectivity index is 3.03. The number of phenolic OH excluding ortho intramolecular Hbond substituents is 2. The molecule has 1 radical (unpaired) electrons. The minimum atomic E-state index is -0.0654. The van der Waals surface area contributed by atoms with Crippen LogP contribution in [-0.2, 0) is 6.42 Å². The molecule has 3 heteroatoms. The molecular formula is C12H15O3. The van der Waals surface area contributed by atoms with E-state index in [2.05, 4.69) is 6.07 Å². The molecule has 0 bridgehead atoms. The Hall–Kier alpha value is -1.64.